The van der Waals surface area contributed by atoms with Crippen LogP contribution in [0.5, 0.6) is 5.75 Å². The fourth-order valence-corrected chi connectivity index (χ4v) is 2.89. The van der Waals surface area contributed by atoms with Gasteiger partial charge in [-0.05, 0) is 38.1 Å². The van der Waals surface area contributed by atoms with Gasteiger partial charge in [-0.1, -0.05) is 0 Å². The number of anilines is 2. The van der Waals surface area contributed by atoms with E-state index in [0.717, 1.165) is 13.1 Å². The maximum Gasteiger partial charge on any atom is 0.316 e. The second-order valence-corrected chi connectivity index (χ2v) is 5.82. The molecule has 5 N–H and O–H groups in total. The van der Waals surface area contributed by atoms with E-state index in [2.05, 4.69) is 16.0 Å². The van der Waals surface area contributed by atoms with Gasteiger partial charge in [-0.25, -0.2) is 4.79 Å². The average Bonchev–Trinajstić information content (AvgIpc) is 2.56. The quantitative estimate of drug-likeness (QED) is 0.605. The third kappa shape index (κ3) is 5.22. The molecule has 8 nitrogen and oxygen atoms in total. The van der Waals surface area contributed by atoms with Crippen LogP contribution in [0.1, 0.15) is 12.8 Å². The molecule has 9 heteroatoms. The molecule has 0 saturated carbocycles. The first-order chi connectivity index (χ1) is 11.5. The Morgan fingerprint density at radius 1 is 1.24 bits per heavy atom. The number of primary amides is 1. The molecule has 1 heterocycles. The topological polar surface area (TPSA) is 115 Å². The molecule has 1 aromatic rings. The Bertz CT molecular complexity index is 600. The summed E-state index contributed by atoms with van der Waals surface area (Å²) in [6, 6.07) is 4.28. The van der Waals surface area contributed by atoms with Gasteiger partial charge in [0.25, 0.3) is 0 Å². The van der Waals surface area contributed by atoms with Crippen LogP contribution < -0.4 is 26.4 Å². The molecule has 0 atom stereocenters. The number of hydrogen-bond donors (Lipinski definition) is 4. The molecule has 0 unspecified atom stereocenters. The summed E-state index contributed by atoms with van der Waals surface area (Å²) in [5.41, 5.74) is 5.60. The molecule has 0 bridgehead atoms. The number of rotatable bonds is 6. The number of amides is 3. The van der Waals surface area contributed by atoms with Crippen molar-refractivity contribution < 1.29 is 19.1 Å². The van der Waals surface area contributed by atoms with Gasteiger partial charge in [0, 0.05) is 18.9 Å². The number of hydrogen-bond acceptors (Lipinski definition) is 5. The Labute approximate surface area is 153 Å². The van der Waals surface area contributed by atoms with Crippen LogP contribution >= 0.6 is 12.4 Å². The first-order valence-electron chi connectivity index (χ1n) is 7.76. The number of carbonyl (C=O) groups excluding carboxylic acids is 2. The van der Waals surface area contributed by atoms with E-state index in [-0.39, 0.29) is 18.3 Å². The lowest BCUT2D eigenvalue weighted by Gasteiger charge is -2.35. The van der Waals surface area contributed by atoms with Crippen LogP contribution in [-0.4, -0.2) is 45.9 Å². The molecule has 0 aromatic heterocycles. The number of ether oxygens (including phenoxy) is 2. The largest absolute Gasteiger partial charge is 0.494 e. The lowest BCUT2D eigenvalue weighted by atomic mass is 9.78. The molecular formula is C16H25ClN4O4. The second kappa shape index (κ2) is 9.45. The molecule has 3 amide bonds. The van der Waals surface area contributed by atoms with Crippen LogP contribution in [0.25, 0.3) is 0 Å². The molecule has 1 aliphatic rings. The first-order valence-corrected chi connectivity index (χ1v) is 7.76. The molecule has 1 aromatic carbocycles. The SMILES string of the molecule is COCC1(C(=O)Nc2ccc(NC(N)=O)c(OC)c2)CCNCC1.Cl. The molecule has 2 rings (SSSR count). The van der Waals surface area contributed by atoms with Gasteiger partial charge < -0.3 is 31.2 Å². The van der Waals surface area contributed by atoms with Crippen molar-refractivity contribution >= 4 is 35.7 Å². The highest BCUT2D eigenvalue weighted by Crippen LogP contribution is 2.33. The summed E-state index contributed by atoms with van der Waals surface area (Å²) in [4.78, 5) is 23.8. The fourth-order valence-electron chi connectivity index (χ4n) is 2.89. The number of halogens is 1. The van der Waals surface area contributed by atoms with E-state index in [1.54, 1.807) is 25.3 Å². The minimum absolute atomic E-state index is 0. The van der Waals surface area contributed by atoms with Crippen molar-refractivity contribution in [3.63, 3.8) is 0 Å². The number of benzene rings is 1. The van der Waals surface area contributed by atoms with Gasteiger partial charge >= 0.3 is 6.03 Å². The van der Waals surface area contributed by atoms with Crippen LogP contribution in [0.4, 0.5) is 16.2 Å². The van der Waals surface area contributed by atoms with Crippen molar-refractivity contribution in [3.05, 3.63) is 18.2 Å². The minimum Gasteiger partial charge on any atom is -0.494 e. The monoisotopic (exact) mass is 372 g/mol. The van der Waals surface area contributed by atoms with Crippen LogP contribution in [0.2, 0.25) is 0 Å². The number of methoxy groups -OCH3 is 2. The summed E-state index contributed by atoms with van der Waals surface area (Å²) >= 11 is 0. The fraction of sp³-hybridized carbons (Fsp3) is 0.500. The Morgan fingerprint density at radius 2 is 1.92 bits per heavy atom. The molecule has 140 valence electrons. The number of nitrogens with one attached hydrogen (secondary N) is 3. The highest BCUT2D eigenvalue weighted by Gasteiger charge is 2.39. The van der Waals surface area contributed by atoms with E-state index in [0.29, 0.717) is 36.6 Å². The number of urea groups is 1. The van der Waals surface area contributed by atoms with Gasteiger partial charge in [0.1, 0.15) is 5.75 Å². The average molecular weight is 373 g/mol. The molecule has 0 radical (unpaired) electrons. The van der Waals surface area contributed by atoms with E-state index in [4.69, 9.17) is 15.2 Å². The number of piperidine rings is 1. The zero-order chi connectivity index (χ0) is 17.6. The zero-order valence-corrected chi connectivity index (χ0v) is 15.2. The molecular weight excluding hydrogens is 348 g/mol. The van der Waals surface area contributed by atoms with Crippen molar-refractivity contribution in [2.24, 2.45) is 11.1 Å². The minimum atomic E-state index is -0.682. The first kappa shape index (κ1) is 21.0. The van der Waals surface area contributed by atoms with Crippen molar-refractivity contribution in [2.75, 3.05) is 44.5 Å². The van der Waals surface area contributed by atoms with Gasteiger partial charge in [0.15, 0.2) is 0 Å². The highest BCUT2D eigenvalue weighted by molar-refractivity contribution is 5.96. The smallest absolute Gasteiger partial charge is 0.316 e. The lowest BCUT2D eigenvalue weighted by Crippen LogP contribution is -2.47. The number of carbonyl (C=O) groups is 2. The highest BCUT2D eigenvalue weighted by atomic mass is 35.5. The lowest BCUT2D eigenvalue weighted by molar-refractivity contribution is -0.130. The summed E-state index contributed by atoms with van der Waals surface area (Å²) in [7, 11) is 3.08. The summed E-state index contributed by atoms with van der Waals surface area (Å²) in [5, 5.41) is 8.64. The normalized spacial score (nSPS) is 15.6. The predicted octanol–water partition coefficient (Wildman–Crippen LogP) is 1.56. The van der Waals surface area contributed by atoms with Gasteiger partial charge in [0.2, 0.25) is 5.91 Å². The van der Waals surface area contributed by atoms with E-state index < -0.39 is 11.4 Å². The van der Waals surface area contributed by atoms with Gasteiger partial charge in [-0.15, -0.1) is 12.4 Å². The van der Waals surface area contributed by atoms with Crippen LogP contribution in [-0.2, 0) is 9.53 Å². The maximum absolute atomic E-state index is 12.8. The Hall–Kier alpha value is -2.03. The van der Waals surface area contributed by atoms with Crippen molar-refractivity contribution in [3.8, 4) is 5.75 Å². The van der Waals surface area contributed by atoms with Crippen LogP contribution in [0, 0.1) is 5.41 Å². The van der Waals surface area contributed by atoms with Gasteiger partial charge in [-0.2, -0.15) is 0 Å². The third-order valence-corrected chi connectivity index (χ3v) is 4.18. The van der Waals surface area contributed by atoms with E-state index in [9.17, 15) is 9.59 Å². The molecule has 1 aliphatic heterocycles. The summed E-state index contributed by atoms with van der Waals surface area (Å²) in [5.74, 6) is 0.334. The Morgan fingerprint density at radius 3 is 2.48 bits per heavy atom. The standard InChI is InChI=1S/C16H24N4O4.ClH/c1-23-10-16(5-7-18-8-6-16)14(21)19-11-3-4-12(20-15(17)22)13(9-11)24-2;/h3-4,9,18H,5-8,10H2,1-2H3,(H,19,21)(H3,17,20,22);1H. The van der Waals surface area contributed by atoms with E-state index >= 15 is 0 Å². The Balaban J connectivity index is 0.00000312. The van der Waals surface area contributed by atoms with Crippen molar-refractivity contribution in [1.29, 1.82) is 0 Å². The van der Waals surface area contributed by atoms with E-state index in [1.807, 2.05) is 0 Å². The van der Waals surface area contributed by atoms with Gasteiger partial charge in [-0.3, -0.25) is 4.79 Å². The second-order valence-electron chi connectivity index (χ2n) is 5.82. The molecule has 1 fully saturated rings. The van der Waals surface area contributed by atoms with Crippen LogP contribution in [0.3, 0.4) is 0 Å². The maximum atomic E-state index is 12.8. The number of nitrogens with two attached hydrogens (primary N) is 1. The summed E-state index contributed by atoms with van der Waals surface area (Å²) in [6.45, 7) is 1.93. The van der Waals surface area contributed by atoms with Crippen LogP contribution in [0.15, 0.2) is 18.2 Å². The van der Waals surface area contributed by atoms with Crippen molar-refractivity contribution in [1.82, 2.24) is 5.32 Å². The molecule has 1 saturated heterocycles. The van der Waals surface area contributed by atoms with Crippen molar-refractivity contribution in [2.45, 2.75) is 12.8 Å². The van der Waals surface area contributed by atoms with Gasteiger partial charge in [0.05, 0.1) is 24.8 Å². The molecule has 0 aliphatic carbocycles. The molecule has 25 heavy (non-hydrogen) atoms. The third-order valence-electron chi connectivity index (χ3n) is 4.18. The summed E-state index contributed by atoms with van der Waals surface area (Å²) < 4.78 is 10.5. The Kier molecular flexibility index (Phi) is 7.95. The summed E-state index contributed by atoms with van der Waals surface area (Å²) in [6.07, 6.45) is 1.43. The zero-order valence-electron chi connectivity index (χ0n) is 14.4. The molecule has 0 spiro atoms. The predicted molar refractivity (Wildman–Crippen MR) is 98.5 cm³/mol. The van der Waals surface area contributed by atoms with E-state index in [1.165, 1.54) is 7.11 Å².